The molecule has 1 aromatic heterocycles. The number of hydrogen-bond acceptors (Lipinski definition) is 6. The van der Waals surface area contributed by atoms with E-state index < -0.39 is 0 Å². The molecule has 0 unspecified atom stereocenters. The Balaban J connectivity index is 2.04. The number of ether oxygens (including phenoxy) is 4. The average Bonchev–Trinajstić information content (AvgIpc) is 2.81. The molecule has 0 aliphatic heterocycles. The summed E-state index contributed by atoms with van der Waals surface area (Å²) >= 11 is 0. The van der Waals surface area contributed by atoms with Crippen molar-refractivity contribution < 1.29 is 24.1 Å². The Morgan fingerprint density at radius 2 is 1.35 bits per heavy atom. The minimum atomic E-state index is 0.168. The standard InChI is InChI=1S/C25H23NO5/c1-28-19-9-17(10-20(13-19)29-2)22-11-16-12-23(30-3)24(31-4)14-21(16)25(26-22)15-6-5-7-18(27)8-15/h5-14,27H,1-4H3. The summed E-state index contributed by atoms with van der Waals surface area (Å²) in [5.41, 5.74) is 3.07. The van der Waals surface area contributed by atoms with Gasteiger partial charge >= 0.3 is 0 Å². The van der Waals surface area contributed by atoms with Gasteiger partial charge in [0.05, 0.1) is 39.8 Å². The summed E-state index contributed by atoms with van der Waals surface area (Å²) < 4.78 is 21.9. The van der Waals surface area contributed by atoms with E-state index in [4.69, 9.17) is 23.9 Å². The maximum Gasteiger partial charge on any atom is 0.161 e. The van der Waals surface area contributed by atoms with Crippen molar-refractivity contribution >= 4 is 10.8 Å². The zero-order valence-corrected chi connectivity index (χ0v) is 17.8. The number of methoxy groups -OCH3 is 4. The Morgan fingerprint density at radius 1 is 0.677 bits per heavy atom. The van der Waals surface area contributed by atoms with Crippen molar-refractivity contribution in [3.05, 3.63) is 60.7 Å². The molecule has 0 spiro atoms. The summed E-state index contributed by atoms with van der Waals surface area (Å²) in [4.78, 5) is 4.95. The summed E-state index contributed by atoms with van der Waals surface area (Å²) in [6.45, 7) is 0. The number of pyridine rings is 1. The van der Waals surface area contributed by atoms with Gasteiger partial charge in [0.25, 0.3) is 0 Å². The molecule has 1 N–H and O–H groups in total. The van der Waals surface area contributed by atoms with Gasteiger partial charge in [-0.1, -0.05) is 12.1 Å². The van der Waals surface area contributed by atoms with Gasteiger partial charge in [0.15, 0.2) is 11.5 Å². The molecule has 3 aromatic carbocycles. The maximum atomic E-state index is 10.0. The Labute approximate surface area is 180 Å². The Morgan fingerprint density at radius 3 is 1.97 bits per heavy atom. The predicted molar refractivity (Wildman–Crippen MR) is 120 cm³/mol. The number of nitrogens with zero attached hydrogens (tertiary/aromatic N) is 1. The number of aromatic nitrogens is 1. The lowest BCUT2D eigenvalue weighted by Gasteiger charge is -2.15. The lowest BCUT2D eigenvalue weighted by atomic mass is 10.00. The molecule has 158 valence electrons. The van der Waals surface area contributed by atoms with Gasteiger partial charge in [-0.3, -0.25) is 0 Å². The fourth-order valence-electron chi connectivity index (χ4n) is 3.56. The van der Waals surface area contributed by atoms with Crippen molar-refractivity contribution in [2.24, 2.45) is 0 Å². The number of hydrogen-bond donors (Lipinski definition) is 1. The molecule has 0 radical (unpaired) electrons. The number of benzene rings is 3. The number of aromatic hydroxyl groups is 1. The smallest absolute Gasteiger partial charge is 0.161 e. The maximum absolute atomic E-state index is 10.0. The number of fused-ring (bicyclic) bond motifs is 1. The molecule has 4 rings (SSSR count). The third-order valence-corrected chi connectivity index (χ3v) is 5.10. The zero-order chi connectivity index (χ0) is 22.0. The van der Waals surface area contributed by atoms with Crippen molar-refractivity contribution in [3.8, 4) is 51.3 Å². The minimum Gasteiger partial charge on any atom is -0.508 e. The average molecular weight is 417 g/mol. The second kappa shape index (κ2) is 8.44. The van der Waals surface area contributed by atoms with E-state index >= 15 is 0 Å². The van der Waals surface area contributed by atoms with Crippen molar-refractivity contribution in [2.75, 3.05) is 28.4 Å². The van der Waals surface area contributed by atoms with E-state index in [1.165, 1.54) is 0 Å². The summed E-state index contributed by atoms with van der Waals surface area (Å²) in [5, 5.41) is 11.8. The SMILES string of the molecule is COc1cc(OC)cc(-c2cc3cc(OC)c(OC)cc3c(-c3cccc(O)c3)n2)c1. The molecule has 1 heterocycles. The van der Waals surface area contributed by atoms with Crippen LogP contribution >= 0.6 is 0 Å². The van der Waals surface area contributed by atoms with Gasteiger partial charge in [0.2, 0.25) is 0 Å². The topological polar surface area (TPSA) is 70.0 Å². The molecule has 0 fully saturated rings. The first-order valence-corrected chi connectivity index (χ1v) is 9.66. The summed E-state index contributed by atoms with van der Waals surface area (Å²) in [6, 6.07) is 18.5. The van der Waals surface area contributed by atoms with Gasteiger partial charge < -0.3 is 24.1 Å². The first-order valence-electron chi connectivity index (χ1n) is 9.66. The fourth-order valence-corrected chi connectivity index (χ4v) is 3.56. The molecular formula is C25H23NO5. The first kappa shape index (κ1) is 20.3. The van der Waals surface area contributed by atoms with Crippen LogP contribution in [0.2, 0.25) is 0 Å². The summed E-state index contributed by atoms with van der Waals surface area (Å²) in [5.74, 6) is 2.73. The highest BCUT2D eigenvalue weighted by atomic mass is 16.5. The van der Waals surface area contributed by atoms with E-state index in [0.717, 1.165) is 27.6 Å². The van der Waals surface area contributed by atoms with Gasteiger partial charge in [-0.2, -0.15) is 0 Å². The summed E-state index contributed by atoms with van der Waals surface area (Å²) in [6.07, 6.45) is 0. The highest BCUT2D eigenvalue weighted by Crippen LogP contribution is 2.39. The Kier molecular flexibility index (Phi) is 5.54. The zero-order valence-electron chi connectivity index (χ0n) is 17.8. The van der Waals surface area contributed by atoms with Crippen LogP contribution in [0.15, 0.2) is 60.7 Å². The lowest BCUT2D eigenvalue weighted by molar-refractivity contribution is 0.356. The van der Waals surface area contributed by atoms with E-state index in [1.807, 2.05) is 42.5 Å². The largest absolute Gasteiger partial charge is 0.508 e. The molecule has 4 aromatic rings. The van der Waals surface area contributed by atoms with Gasteiger partial charge in [-0.25, -0.2) is 4.98 Å². The third-order valence-electron chi connectivity index (χ3n) is 5.10. The predicted octanol–water partition coefficient (Wildman–Crippen LogP) is 5.31. The van der Waals surface area contributed by atoms with Crippen LogP contribution in [-0.4, -0.2) is 38.5 Å². The van der Waals surface area contributed by atoms with E-state index in [0.29, 0.717) is 28.7 Å². The third kappa shape index (κ3) is 3.92. The highest BCUT2D eigenvalue weighted by molar-refractivity contribution is 5.99. The highest BCUT2D eigenvalue weighted by Gasteiger charge is 2.15. The first-order chi connectivity index (χ1) is 15.1. The molecule has 0 atom stereocenters. The Bertz CT molecular complexity index is 1230. The van der Waals surface area contributed by atoms with Crippen molar-refractivity contribution in [3.63, 3.8) is 0 Å². The second-order valence-electron chi connectivity index (χ2n) is 6.94. The van der Waals surface area contributed by atoms with Crippen LogP contribution in [0.1, 0.15) is 0 Å². The van der Waals surface area contributed by atoms with Crippen LogP contribution in [0.4, 0.5) is 0 Å². The molecule has 6 heteroatoms. The molecule has 31 heavy (non-hydrogen) atoms. The van der Waals surface area contributed by atoms with Crippen LogP contribution in [-0.2, 0) is 0 Å². The lowest BCUT2D eigenvalue weighted by Crippen LogP contribution is -1.96. The van der Waals surface area contributed by atoms with E-state index in [-0.39, 0.29) is 5.75 Å². The van der Waals surface area contributed by atoms with Crippen LogP contribution in [0.25, 0.3) is 33.3 Å². The van der Waals surface area contributed by atoms with Gasteiger partial charge in [-0.15, -0.1) is 0 Å². The number of phenolic OH excluding ortho intramolecular Hbond substituents is 1. The quantitative estimate of drug-likeness (QED) is 0.459. The van der Waals surface area contributed by atoms with E-state index in [1.54, 1.807) is 46.6 Å². The van der Waals surface area contributed by atoms with Crippen molar-refractivity contribution in [1.82, 2.24) is 4.98 Å². The number of phenols is 1. The molecule has 0 saturated heterocycles. The van der Waals surface area contributed by atoms with E-state index in [9.17, 15) is 5.11 Å². The van der Waals surface area contributed by atoms with Crippen LogP contribution in [0, 0.1) is 0 Å². The molecule has 0 saturated carbocycles. The van der Waals surface area contributed by atoms with Crippen LogP contribution < -0.4 is 18.9 Å². The molecular weight excluding hydrogens is 394 g/mol. The van der Waals surface area contributed by atoms with E-state index in [2.05, 4.69) is 0 Å². The summed E-state index contributed by atoms with van der Waals surface area (Å²) in [7, 11) is 6.43. The van der Waals surface area contributed by atoms with Crippen LogP contribution in [0.5, 0.6) is 28.7 Å². The molecule has 0 aliphatic rings. The normalized spacial score (nSPS) is 10.7. The second-order valence-corrected chi connectivity index (χ2v) is 6.94. The molecule has 0 bridgehead atoms. The minimum absolute atomic E-state index is 0.168. The monoisotopic (exact) mass is 417 g/mol. The van der Waals surface area contributed by atoms with Gasteiger partial charge in [-0.05, 0) is 47.9 Å². The van der Waals surface area contributed by atoms with Crippen molar-refractivity contribution in [1.29, 1.82) is 0 Å². The Hall–Kier alpha value is -3.93. The molecule has 6 nitrogen and oxygen atoms in total. The fraction of sp³-hybridized carbons (Fsp3) is 0.160. The number of rotatable bonds is 6. The van der Waals surface area contributed by atoms with Crippen LogP contribution in [0.3, 0.4) is 0 Å². The van der Waals surface area contributed by atoms with Gasteiger partial charge in [0.1, 0.15) is 17.2 Å². The van der Waals surface area contributed by atoms with Crippen molar-refractivity contribution in [2.45, 2.75) is 0 Å². The molecule has 0 amide bonds. The van der Waals surface area contributed by atoms with Gasteiger partial charge in [0, 0.05) is 22.6 Å². The molecule has 0 aliphatic carbocycles.